The third-order valence-corrected chi connectivity index (χ3v) is 5.86. The number of hydrogen-bond donors (Lipinski definition) is 1. The maximum atomic E-state index is 13.0. The topological polar surface area (TPSA) is 73.2 Å². The zero-order valence-electron chi connectivity index (χ0n) is 15.7. The van der Waals surface area contributed by atoms with E-state index < -0.39 is 0 Å². The van der Waals surface area contributed by atoms with Crippen LogP contribution in [0, 0.1) is 23.2 Å². The Labute approximate surface area is 165 Å². The van der Waals surface area contributed by atoms with Gasteiger partial charge in [0, 0.05) is 29.8 Å². The SMILES string of the molecule is N#Cc1cccc(NC(=O)C2CCC(C(=O)N3CCc4ccccc43)CC2)c1. The molecule has 1 saturated carbocycles. The number of fused-ring (bicyclic) bond motifs is 1. The van der Waals surface area contributed by atoms with E-state index in [9.17, 15) is 9.59 Å². The highest BCUT2D eigenvalue weighted by atomic mass is 16.2. The number of carbonyl (C=O) groups is 2. The summed E-state index contributed by atoms with van der Waals surface area (Å²) in [6.45, 7) is 0.758. The molecular formula is C23H23N3O2. The van der Waals surface area contributed by atoms with Crippen LogP contribution in [0.25, 0.3) is 0 Å². The van der Waals surface area contributed by atoms with Gasteiger partial charge in [0.25, 0.3) is 0 Å². The van der Waals surface area contributed by atoms with Crippen molar-refractivity contribution in [3.63, 3.8) is 0 Å². The average molecular weight is 373 g/mol. The fourth-order valence-corrected chi connectivity index (χ4v) is 4.30. The van der Waals surface area contributed by atoms with Crippen LogP contribution >= 0.6 is 0 Å². The molecule has 5 nitrogen and oxygen atoms in total. The van der Waals surface area contributed by atoms with E-state index in [0.717, 1.165) is 44.3 Å². The molecule has 0 atom stereocenters. The molecule has 0 aromatic heterocycles. The van der Waals surface area contributed by atoms with E-state index in [2.05, 4.69) is 17.5 Å². The van der Waals surface area contributed by atoms with Crippen LogP contribution in [0.4, 0.5) is 11.4 Å². The standard InChI is InChI=1S/C23H23N3O2/c24-15-16-4-3-6-20(14-16)25-22(27)18-8-10-19(11-9-18)23(28)26-13-12-17-5-1-2-7-21(17)26/h1-7,14,18-19H,8-13H2,(H,25,27). The van der Waals surface area contributed by atoms with Crippen LogP contribution in [-0.2, 0) is 16.0 Å². The van der Waals surface area contributed by atoms with Gasteiger partial charge in [-0.15, -0.1) is 0 Å². The molecule has 5 heteroatoms. The number of hydrogen-bond acceptors (Lipinski definition) is 3. The van der Waals surface area contributed by atoms with Gasteiger partial charge in [0.2, 0.25) is 11.8 Å². The van der Waals surface area contributed by atoms with Crippen LogP contribution in [0.5, 0.6) is 0 Å². The molecule has 2 aromatic rings. The highest BCUT2D eigenvalue weighted by molar-refractivity contribution is 5.97. The second kappa shape index (κ2) is 7.85. The van der Waals surface area contributed by atoms with E-state index in [4.69, 9.17) is 5.26 Å². The summed E-state index contributed by atoms with van der Waals surface area (Å²) in [5.74, 6) is 0.0933. The summed E-state index contributed by atoms with van der Waals surface area (Å²) in [4.78, 5) is 27.5. The van der Waals surface area contributed by atoms with Crippen molar-refractivity contribution in [2.75, 3.05) is 16.8 Å². The molecule has 0 radical (unpaired) electrons. The molecule has 2 aliphatic rings. The van der Waals surface area contributed by atoms with Crippen molar-refractivity contribution in [2.45, 2.75) is 32.1 Å². The minimum absolute atomic E-state index is 0.00266. The van der Waals surface area contributed by atoms with Crippen molar-refractivity contribution in [3.05, 3.63) is 59.7 Å². The molecule has 1 N–H and O–H groups in total. The van der Waals surface area contributed by atoms with Gasteiger partial charge in [0.05, 0.1) is 11.6 Å². The van der Waals surface area contributed by atoms with E-state index >= 15 is 0 Å². The Morgan fingerprint density at radius 3 is 2.54 bits per heavy atom. The van der Waals surface area contributed by atoms with E-state index in [1.807, 2.05) is 23.1 Å². The molecule has 2 amide bonds. The molecule has 28 heavy (non-hydrogen) atoms. The first-order chi connectivity index (χ1) is 13.7. The van der Waals surface area contributed by atoms with Crippen molar-refractivity contribution in [1.29, 1.82) is 5.26 Å². The fraction of sp³-hybridized carbons (Fsp3) is 0.348. The van der Waals surface area contributed by atoms with E-state index in [-0.39, 0.29) is 23.7 Å². The van der Waals surface area contributed by atoms with Crippen LogP contribution in [0.3, 0.4) is 0 Å². The zero-order chi connectivity index (χ0) is 19.5. The molecule has 0 spiro atoms. The third-order valence-electron chi connectivity index (χ3n) is 5.86. The van der Waals surface area contributed by atoms with Crippen molar-refractivity contribution in [3.8, 4) is 6.07 Å². The summed E-state index contributed by atoms with van der Waals surface area (Å²) < 4.78 is 0. The molecule has 0 unspecified atom stereocenters. The largest absolute Gasteiger partial charge is 0.326 e. The highest BCUT2D eigenvalue weighted by Gasteiger charge is 2.34. The summed E-state index contributed by atoms with van der Waals surface area (Å²) in [5.41, 5.74) is 3.46. The summed E-state index contributed by atoms with van der Waals surface area (Å²) in [6.07, 6.45) is 3.84. The first-order valence-corrected chi connectivity index (χ1v) is 9.86. The molecule has 4 rings (SSSR count). The Morgan fingerprint density at radius 1 is 1.00 bits per heavy atom. The van der Waals surface area contributed by atoms with Gasteiger partial charge in [-0.1, -0.05) is 24.3 Å². The first kappa shape index (κ1) is 18.2. The van der Waals surface area contributed by atoms with Crippen molar-refractivity contribution < 1.29 is 9.59 Å². The van der Waals surface area contributed by atoms with Gasteiger partial charge < -0.3 is 10.2 Å². The predicted octanol–water partition coefficient (Wildman–Crippen LogP) is 3.89. The van der Waals surface area contributed by atoms with E-state index in [1.165, 1.54) is 5.56 Å². The van der Waals surface area contributed by atoms with Crippen LogP contribution in [0.2, 0.25) is 0 Å². The minimum Gasteiger partial charge on any atom is -0.326 e. The number of para-hydroxylation sites is 1. The number of benzene rings is 2. The number of carbonyl (C=O) groups excluding carboxylic acids is 2. The van der Waals surface area contributed by atoms with Crippen LogP contribution in [0.1, 0.15) is 36.8 Å². The van der Waals surface area contributed by atoms with Crippen LogP contribution in [-0.4, -0.2) is 18.4 Å². The molecule has 0 saturated heterocycles. The summed E-state index contributed by atoms with van der Waals surface area (Å²) in [6, 6.07) is 17.1. The van der Waals surface area contributed by atoms with Crippen molar-refractivity contribution in [1.82, 2.24) is 0 Å². The summed E-state index contributed by atoms with van der Waals surface area (Å²) in [5, 5.41) is 11.9. The Kier molecular flexibility index (Phi) is 5.12. The lowest BCUT2D eigenvalue weighted by Gasteiger charge is -2.30. The van der Waals surface area contributed by atoms with Crippen molar-refractivity contribution >= 4 is 23.2 Å². The van der Waals surface area contributed by atoms with Crippen molar-refractivity contribution in [2.24, 2.45) is 11.8 Å². The maximum absolute atomic E-state index is 13.0. The lowest BCUT2D eigenvalue weighted by Crippen LogP contribution is -2.38. The smallest absolute Gasteiger partial charge is 0.230 e. The Balaban J connectivity index is 1.34. The van der Waals surface area contributed by atoms with Gasteiger partial charge in [0.1, 0.15) is 0 Å². The monoisotopic (exact) mass is 373 g/mol. The molecule has 2 aromatic carbocycles. The van der Waals surface area contributed by atoms with Gasteiger partial charge in [0.15, 0.2) is 0 Å². The molecule has 1 aliphatic heterocycles. The summed E-state index contributed by atoms with van der Waals surface area (Å²) >= 11 is 0. The normalized spacial score (nSPS) is 20.9. The second-order valence-corrected chi connectivity index (χ2v) is 7.60. The number of rotatable bonds is 3. The Morgan fingerprint density at radius 2 is 1.75 bits per heavy atom. The molecule has 0 bridgehead atoms. The minimum atomic E-state index is -0.0827. The molecule has 1 heterocycles. The van der Waals surface area contributed by atoms with Gasteiger partial charge in [-0.25, -0.2) is 0 Å². The quantitative estimate of drug-likeness (QED) is 0.887. The molecule has 142 valence electrons. The van der Waals surface area contributed by atoms with Gasteiger partial charge in [-0.3, -0.25) is 9.59 Å². The number of nitriles is 1. The Bertz CT molecular complexity index is 939. The average Bonchev–Trinajstić information content (AvgIpc) is 3.17. The highest BCUT2D eigenvalue weighted by Crippen LogP contribution is 2.35. The lowest BCUT2D eigenvalue weighted by molar-refractivity contribution is -0.126. The fourth-order valence-electron chi connectivity index (χ4n) is 4.30. The van der Waals surface area contributed by atoms with Crippen LogP contribution < -0.4 is 10.2 Å². The van der Waals surface area contributed by atoms with Gasteiger partial charge >= 0.3 is 0 Å². The first-order valence-electron chi connectivity index (χ1n) is 9.86. The number of anilines is 2. The number of amides is 2. The molecule has 1 fully saturated rings. The van der Waals surface area contributed by atoms with E-state index in [1.54, 1.807) is 24.3 Å². The van der Waals surface area contributed by atoms with E-state index in [0.29, 0.717) is 11.3 Å². The summed E-state index contributed by atoms with van der Waals surface area (Å²) in [7, 11) is 0. The maximum Gasteiger partial charge on any atom is 0.230 e. The third kappa shape index (κ3) is 3.63. The van der Waals surface area contributed by atoms with Gasteiger partial charge in [-0.05, 0) is 61.9 Å². The van der Waals surface area contributed by atoms with Crippen LogP contribution in [0.15, 0.2) is 48.5 Å². The predicted molar refractivity (Wildman–Crippen MR) is 108 cm³/mol. The molecular weight excluding hydrogens is 350 g/mol. The molecule has 1 aliphatic carbocycles. The lowest BCUT2D eigenvalue weighted by atomic mass is 9.81. The Hall–Kier alpha value is -3.13. The number of nitrogens with zero attached hydrogens (tertiary/aromatic N) is 2. The number of nitrogens with one attached hydrogen (secondary N) is 1. The zero-order valence-corrected chi connectivity index (χ0v) is 15.7. The second-order valence-electron chi connectivity index (χ2n) is 7.60. The van der Waals surface area contributed by atoms with Gasteiger partial charge in [-0.2, -0.15) is 5.26 Å².